The normalized spacial score (nSPS) is 19.7. The Bertz CT molecular complexity index is 1370. The molecule has 1 aliphatic carbocycles. The summed E-state index contributed by atoms with van der Waals surface area (Å²) in [5.74, 6) is 0.612. The number of allylic oxidation sites excluding steroid dienone is 2. The molecule has 0 radical (unpaired) electrons. The highest BCUT2D eigenvalue weighted by atomic mass is 16.5. The number of carbonyl (C=O) groups excluding carboxylic acids is 1. The fraction of sp³-hybridized carbons (Fsp3) is 0.292. The summed E-state index contributed by atoms with van der Waals surface area (Å²) in [6.07, 6.45) is 0.926. The number of rotatable bonds is 2. The van der Waals surface area contributed by atoms with Crippen LogP contribution in [-0.2, 0) is 4.79 Å². The number of hydrogen-bond donors (Lipinski definition) is 0. The predicted octanol–water partition coefficient (Wildman–Crippen LogP) is 3.38. The topological polar surface area (TPSA) is 70.3 Å². The van der Waals surface area contributed by atoms with Crippen LogP contribution in [0.3, 0.4) is 0 Å². The molecule has 5 rings (SSSR count). The minimum absolute atomic E-state index is 0.0203. The van der Waals surface area contributed by atoms with Crippen LogP contribution in [-0.4, -0.2) is 22.3 Å². The summed E-state index contributed by atoms with van der Waals surface area (Å²) < 4.78 is 8.27. The number of fused-ring (bicyclic) bond motifs is 3. The van der Waals surface area contributed by atoms with Gasteiger partial charge in [-0.25, -0.2) is 9.36 Å². The molecule has 30 heavy (non-hydrogen) atoms. The lowest BCUT2D eigenvalue weighted by Gasteiger charge is -2.30. The third-order valence-corrected chi connectivity index (χ3v) is 6.08. The quantitative estimate of drug-likeness (QED) is 0.659. The van der Waals surface area contributed by atoms with E-state index in [0.717, 1.165) is 5.56 Å². The highest BCUT2D eigenvalue weighted by molar-refractivity contribution is 6.04. The lowest BCUT2D eigenvalue weighted by atomic mass is 9.74. The molecular weight excluding hydrogens is 380 g/mol. The Balaban J connectivity index is 1.91. The van der Waals surface area contributed by atoms with E-state index in [9.17, 15) is 14.4 Å². The van der Waals surface area contributed by atoms with E-state index in [1.165, 1.54) is 9.36 Å². The van der Waals surface area contributed by atoms with Gasteiger partial charge in [0, 0.05) is 12.0 Å². The van der Waals surface area contributed by atoms with Gasteiger partial charge in [0.25, 0.3) is 11.1 Å². The van der Waals surface area contributed by atoms with Gasteiger partial charge in [-0.05, 0) is 41.7 Å². The lowest BCUT2D eigenvalue weighted by molar-refractivity contribution is -0.118. The highest BCUT2D eigenvalue weighted by Gasteiger charge is 2.44. The van der Waals surface area contributed by atoms with Gasteiger partial charge in [0.15, 0.2) is 5.78 Å². The van der Waals surface area contributed by atoms with Crippen LogP contribution in [0.25, 0.3) is 16.5 Å². The molecule has 152 valence electrons. The van der Waals surface area contributed by atoms with Crippen molar-refractivity contribution in [1.82, 2.24) is 9.36 Å². The van der Waals surface area contributed by atoms with E-state index in [2.05, 4.69) is 0 Å². The highest BCUT2D eigenvalue weighted by Crippen LogP contribution is 2.47. The molecule has 1 atom stereocenters. The van der Waals surface area contributed by atoms with Crippen LogP contribution in [0.4, 0.5) is 0 Å². The largest absolute Gasteiger partial charge is 0.497 e. The summed E-state index contributed by atoms with van der Waals surface area (Å²) in [6, 6.07) is 13.5. The maximum atomic E-state index is 13.6. The molecule has 0 saturated heterocycles. The van der Waals surface area contributed by atoms with E-state index in [4.69, 9.17) is 4.74 Å². The number of aromatic nitrogens is 2. The number of methoxy groups -OCH3 is 1. The standard InChI is InChI=1S/C24H22N2O4/c1-24(2)12-18-20(19(27)13-24)21(14-7-6-8-15(11-14)30-3)26-23(29)17-10-5-4-9-16(17)22(28)25(18)26/h4-11,21H,12-13H2,1-3H3/t21-/m0/s1. The fourth-order valence-corrected chi connectivity index (χ4v) is 4.81. The van der Waals surface area contributed by atoms with Crippen LogP contribution in [0, 0.1) is 5.41 Å². The zero-order chi connectivity index (χ0) is 21.2. The average molecular weight is 402 g/mol. The maximum absolute atomic E-state index is 13.6. The van der Waals surface area contributed by atoms with Gasteiger partial charge in [-0.3, -0.25) is 14.4 Å². The Morgan fingerprint density at radius 2 is 1.63 bits per heavy atom. The lowest BCUT2D eigenvalue weighted by Crippen LogP contribution is -2.37. The first kappa shape index (κ1) is 18.6. The monoisotopic (exact) mass is 402 g/mol. The second kappa shape index (κ2) is 6.29. The molecule has 1 aliphatic heterocycles. The van der Waals surface area contributed by atoms with E-state index in [0.29, 0.717) is 40.6 Å². The van der Waals surface area contributed by atoms with Crippen LogP contribution >= 0.6 is 0 Å². The number of Topliss-reactive ketones (excluding diaryl/α,β-unsaturated/α-hetero) is 1. The van der Waals surface area contributed by atoms with Crippen molar-refractivity contribution < 1.29 is 9.53 Å². The third kappa shape index (κ3) is 2.53. The number of benzene rings is 2. The number of nitrogens with zero attached hydrogens (tertiary/aromatic N) is 2. The van der Waals surface area contributed by atoms with Crippen LogP contribution < -0.4 is 15.9 Å². The van der Waals surface area contributed by atoms with Gasteiger partial charge >= 0.3 is 0 Å². The van der Waals surface area contributed by atoms with Crippen molar-refractivity contribution in [3.63, 3.8) is 0 Å². The smallest absolute Gasteiger partial charge is 0.277 e. The van der Waals surface area contributed by atoms with Crippen molar-refractivity contribution in [2.24, 2.45) is 5.41 Å². The first-order valence-corrected chi connectivity index (χ1v) is 9.99. The van der Waals surface area contributed by atoms with Gasteiger partial charge in [0.2, 0.25) is 0 Å². The van der Waals surface area contributed by atoms with Gasteiger partial charge in [-0.1, -0.05) is 38.1 Å². The summed E-state index contributed by atoms with van der Waals surface area (Å²) in [4.78, 5) is 40.3. The minimum Gasteiger partial charge on any atom is -0.497 e. The number of hydrogen-bond acceptors (Lipinski definition) is 4. The van der Waals surface area contributed by atoms with Gasteiger partial charge in [0.05, 0.1) is 23.6 Å². The van der Waals surface area contributed by atoms with E-state index < -0.39 is 6.04 Å². The molecule has 2 heterocycles. The molecular formula is C24H22N2O4. The predicted molar refractivity (Wildman–Crippen MR) is 115 cm³/mol. The van der Waals surface area contributed by atoms with E-state index in [1.54, 1.807) is 31.4 Å². The Morgan fingerprint density at radius 3 is 2.33 bits per heavy atom. The molecule has 6 heteroatoms. The molecule has 6 nitrogen and oxygen atoms in total. The number of ether oxygens (including phenoxy) is 1. The molecule has 2 aliphatic rings. The Labute approximate surface area is 173 Å². The Morgan fingerprint density at radius 1 is 0.933 bits per heavy atom. The van der Waals surface area contributed by atoms with Crippen molar-refractivity contribution >= 4 is 22.3 Å². The second-order valence-corrected chi connectivity index (χ2v) is 8.79. The molecule has 2 aromatic carbocycles. The third-order valence-electron chi connectivity index (χ3n) is 6.08. The Kier molecular flexibility index (Phi) is 3.90. The van der Waals surface area contributed by atoms with Crippen LogP contribution in [0.2, 0.25) is 0 Å². The van der Waals surface area contributed by atoms with Crippen LogP contribution in [0.15, 0.2) is 63.7 Å². The number of ketones is 1. The Hall–Kier alpha value is -3.41. The molecule has 0 spiro atoms. The molecule has 0 unspecified atom stereocenters. The van der Waals surface area contributed by atoms with Gasteiger partial charge in [0.1, 0.15) is 11.8 Å². The number of carbonyl (C=O) groups is 1. The minimum atomic E-state index is -0.650. The summed E-state index contributed by atoms with van der Waals surface area (Å²) in [5.41, 5.74) is 1.09. The molecule has 1 aromatic heterocycles. The molecule has 0 amide bonds. The molecule has 0 N–H and O–H groups in total. The molecule has 0 saturated carbocycles. The zero-order valence-corrected chi connectivity index (χ0v) is 17.1. The van der Waals surface area contributed by atoms with Crippen molar-refractivity contribution in [2.75, 3.05) is 7.11 Å². The summed E-state index contributed by atoms with van der Waals surface area (Å²) in [7, 11) is 1.57. The van der Waals surface area contributed by atoms with E-state index in [1.807, 2.05) is 38.1 Å². The zero-order valence-electron chi connectivity index (χ0n) is 17.1. The van der Waals surface area contributed by atoms with Gasteiger partial charge < -0.3 is 4.74 Å². The van der Waals surface area contributed by atoms with Crippen LogP contribution in [0.1, 0.15) is 38.3 Å². The maximum Gasteiger partial charge on any atom is 0.277 e. The van der Waals surface area contributed by atoms with Gasteiger partial charge in [-0.2, -0.15) is 0 Å². The van der Waals surface area contributed by atoms with Crippen molar-refractivity contribution in [3.8, 4) is 5.75 Å². The van der Waals surface area contributed by atoms with E-state index >= 15 is 0 Å². The SMILES string of the molecule is COc1cccc([C@H]2C3=C(CC(C)(C)CC3=O)n3c(=O)c4ccccc4c(=O)n32)c1. The van der Waals surface area contributed by atoms with Crippen molar-refractivity contribution in [3.05, 3.63) is 80.4 Å². The van der Waals surface area contributed by atoms with Crippen LogP contribution in [0.5, 0.6) is 5.75 Å². The summed E-state index contributed by atoms with van der Waals surface area (Å²) >= 11 is 0. The molecule has 0 fully saturated rings. The first-order valence-electron chi connectivity index (χ1n) is 9.99. The van der Waals surface area contributed by atoms with Gasteiger partial charge in [-0.15, -0.1) is 0 Å². The first-order chi connectivity index (χ1) is 14.3. The summed E-state index contributed by atoms with van der Waals surface area (Å²) in [6.45, 7) is 4.03. The second-order valence-electron chi connectivity index (χ2n) is 8.79. The van der Waals surface area contributed by atoms with E-state index in [-0.39, 0.29) is 22.3 Å². The fourth-order valence-electron chi connectivity index (χ4n) is 4.81. The summed E-state index contributed by atoms with van der Waals surface area (Å²) in [5, 5.41) is 0.728. The molecule has 3 aromatic rings. The average Bonchev–Trinajstić information content (AvgIpc) is 3.06. The molecule has 0 bridgehead atoms. The van der Waals surface area contributed by atoms with Crippen molar-refractivity contribution in [2.45, 2.75) is 32.7 Å². The van der Waals surface area contributed by atoms with Crippen molar-refractivity contribution in [1.29, 1.82) is 0 Å².